The molecule has 0 saturated carbocycles. The summed E-state index contributed by atoms with van der Waals surface area (Å²) < 4.78 is 0. The largest absolute Gasteiger partial charge is 0.278 e. The van der Waals surface area contributed by atoms with Gasteiger partial charge in [-0.2, -0.15) is 5.26 Å². The van der Waals surface area contributed by atoms with Crippen molar-refractivity contribution in [3.63, 3.8) is 0 Å². The van der Waals surface area contributed by atoms with Crippen molar-refractivity contribution in [2.75, 3.05) is 0 Å². The smallest absolute Gasteiger partial charge is 0.258 e. The van der Waals surface area contributed by atoms with Crippen molar-refractivity contribution in [1.82, 2.24) is 0 Å². The van der Waals surface area contributed by atoms with Crippen LogP contribution in [0, 0.1) is 21.4 Å². The van der Waals surface area contributed by atoms with Crippen LogP contribution >= 0.6 is 0 Å². The highest BCUT2D eigenvalue weighted by Gasteiger charge is 2.10. The summed E-state index contributed by atoms with van der Waals surface area (Å²) in [5.41, 5.74) is 1.31. The van der Waals surface area contributed by atoms with Crippen LogP contribution in [0.2, 0.25) is 0 Å². The van der Waals surface area contributed by atoms with Crippen LogP contribution in [-0.2, 0) is 0 Å². The Balaban J connectivity index is 2.39. The van der Waals surface area contributed by atoms with E-state index in [-0.39, 0.29) is 5.69 Å². The molecule has 5 heteroatoms. The molecule has 0 spiro atoms. The molecular formula is C14H9N3O2. The lowest BCUT2D eigenvalue weighted by molar-refractivity contribution is -0.385. The van der Waals surface area contributed by atoms with Gasteiger partial charge in [0, 0.05) is 12.3 Å². The second-order valence-corrected chi connectivity index (χ2v) is 3.70. The number of nitro groups is 1. The van der Waals surface area contributed by atoms with Crippen molar-refractivity contribution in [3.05, 3.63) is 69.8 Å². The lowest BCUT2D eigenvalue weighted by Crippen LogP contribution is -1.93. The molecule has 2 rings (SSSR count). The third-order valence-electron chi connectivity index (χ3n) is 2.50. The number of aliphatic imine (C=N–C) groups is 1. The molecule has 0 unspecified atom stereocenters. The summed E-state index contributed by atoms with van der Waals surface area (Å²) in [5.74, 6) is 0. The van der Waals surface area contributed by atoms with Crippen LogP contribution in [0.5, 0.6) is 0 Å². The number of nitrogens with zero attached hydrogens (tertiary/aromatic N) is 3. The Bertz CT molecular complexity index is 687. The fourth-order valence-corrected chi connectivity index (χ4v) is 1.58. The number of hydrogen-bond acceptors (Lipinski definition) is 4. The molecule has 0 fully saturated rings. The fraction of sp³-hybridized carbons (Fsp3) is 0. The maximum atomic E-state index is 10.8. The minimum atomic E-state index is -0.461. The van der Waals surface area contributed by atoms with E-state index in [1.54, 1.807) is 42.5 Å². The molecule has 0 atom stereocenters. The van der Waals surface area contributed by atoms with Gasteiger partial charge < -0.3 is 0 Å². The van der Waals surface area contributed by atoms with E-state index in [1.807, 2.05) is 6.07 Å². The SMILES string of the molecule is N#Cc1ccccc1N=Cc1ccccc1[N+](=O)[O-]. The second kappa shape index (κ2) is 5.56. The minimum absolute atomic E-state index is 0.0133. The van der Waals surface area contributed by atoms with Crippen LogP contribution in [-0.4, -0.2) is 11.1 Å². The predicted molar refractivity (Wildman–Crippen MR) is 71.5 cm³/mol. The van der Waals surface area contributed by atoms with Gasteiger partial charge in [0.15, 0.2) is 0 Å². The number of rotatable bonds is 3. The molecule has 0 aliphatic heterocycles. The normalized spacial score (nSPS) is 10.3. The van der Waals surface area contributed by atoms with Gasteiger partial charge in [-0.25, -0.2) is 0 Å². The summed E-state index contributed by atoms with van der Waals surface area (Å²) in [6.07, 6.45) is 1.40. The van der Waals surface area contributed by atoms with Gasteiger partial charge >= 0.3 is 0 Å². The van der Waals surface area contributed by atoms with Crippen molar-refractivity contribution in [3.8, 4) is 6.07 Å². The first-order valence-electron chi connectivity index (χ1n) is 5.49. The van der Waals surface area contributed by atoms with Gasteiger partial charge in [0.05, 0.1) is 21.7 Å². The van der Waals surface area contributed by atoms with Crippen molar-refractivity contribution in [2.24, 2.45) is 4.99 Å². The third-order valence-corrected chi connectivity index (χ3v) is 2.50. The summed E-state index contributed by atoms with van der Waals surface area (Å²) in [5, 5.41) is 19.8. The van der Waals surface area contributed by atoms with Crippen LogP contribution < -0.4 is 0 Å². The molecule has 92 valence electrons. The Labute approximate surface area is 109 Å². The standard InChI is InChI=1S/C14H9N3O2/c15-9-11-5-1-3-7-13(11)16-10-12-6-2-4-8-14(12)17(18)19/h1-8,10H. The number of nitro benzene ring substituents is 1. The molecular weight excluding hydrogens is 242 g/mol. The van der Waals surface area contributed by atoms with Gasteiger partial charge in [-0.05, 0) is 18.2 Å². The van der Waals surface area contributed by atoms with E-state index in [1.165, 1.54) is 12.3 Å². The first kappa shape index (κ1) is 12.5. The molecule has 0 bridgehead atoms. The Hall–Kier alpha value is -3.00. The summed E-state index contributed by atoms with van der Waals surface area (Å²) in [6, 6.07) is 15.2. The molecule has 19 heavy (non-hydrogen) atoms. The van der Waals surface area contributed by atoms with Crippen LogP contribution in [0.4, 0.5) is 11.4 Å². The van der Waals surface area contributed by atoms with E-state index in [0.29, 0.717) is 16.8 Å². The highest BCUT2D eigenvalue weighted by atomic mass is 16.6. The molecule has 0 saturated heterocycles. The molecule has 0 N–H and O–H groups in total. The number of nitriles is 1. The number of para-hydroxylation sites is 2. The van der Waals surface area contributed by atoms with Crippen LogP contribution in [0.1, 0.15) is 11.1 Å². The zero-order valence-corrected chi connectivity index (χ0v) is 9.85. The van der Waals surface area contributed by atoms with Crippen molar-refractivity contribution in [1.29, 1.82) is 5.26 Å². The second-order valence-electron chi connectivity index (χ2n) is 3.70. The van der Waals surface area contributed by atoms with E-state index in [9.17, 15) is 10.1 Å². The van der Waals surface area contributed by atoms with Gasteiger partial charge in [-0.15, -0.1) is 0 Å². The minimum Gasteiger partial charge on any atom is -0.258 e. The quantitative estimate of drug-likeness (QED) is 0.477. The average molecular weight is 251 g/mol. The van der Waals surface area contributed by atoms with Gasteiger partial charge in [0.25, 0.3) is 5.69 Å². The van der Waals surface area contributed by atoms with Gasteiger partial charge in [-0.1, -0.05) is 24.3 Å². The number of hydrogen-bond donors (Lipinski definition) is 0. The van der Waals surface area contributed by atoms with Crippen LogP contribution in [0.15, 0.2) is 53.5 Å². The van der Waals surface area contributed by atoms with Gasteiger partial charge in [0.2, 0.25) is 0 Å². The maximum absolute atomic E-state index is 10.8. The molecule has 0 aliphatic rings. The number of benzene rings is 2. The Kier molecular flexibility index (Phi) is 3.64. The van der Waals surface area contributed by atoms with Crippen LogP contribution in [0.3, 0.4) is 0 Å². The monoisotopic (exact) mass is 251 g/mol. The topological polar surface area (TPSA) is 79.3 Å². The van der Waals surface area contributed by atoms with Gasteiger partial charge in [0.1, 0.15) is 6.07 Å². The lowest BCUT2D eigenvalue weighted by atomic mass is 10.2. The third kappa shape index (κ3) is 2.82. The van der Waals surface area contributed by atoms with E-state index >= 15 is 0 Å². The summed E-state index contributed by atoms with van der Waals surface area (Å²) in [4.78, 5) is 14.5. The van der Waals surface area contributed by atoms with E-state index in [4.69, 9.17) is 5.26 Å². The molecule has 0 amide bonds. The molecule has 0 aromatic heterocycles. The molecule has 2 aromatic carbocycles. The first-order valence-corrected chi connectivity index (χ1v) is 5.49. The average Bonchev–Trinajstić information content (AvgIpc) is 2.45. The Morgan fingerprint density at radius 2 is 1.84 bits per heavy atom. The zero-order valence-electron chi connectivity index (χ0n) is 9.85. The summed E-state index contributed by atoms with van der Waals surface area (Å²) >= 11 is 0. The van der Waals surface area contributed by atoms with Gasteiger partial charge in [-0.3, -0.25) is 15.1 Å². The highest BCUT2D eigenvalue weighted by molar-refractivity contribution is 5.87. The predicted octanol–water partition coefficient (Wildman–Crippen LogP) is 3.22. The Morgan fingerprint density at radius 1 is 1.16 bits per heavy atom. The molecule has 5 nitrogen and oxygen atoms in total. The first-order chi connectivity index (χ1) is 9.22. The van der Waals surface area contributed by atoms with Crippen molar-refractivity contribution < 1.29 is 4.92 Å². The van der Waals surface area contributed by atoms with E-state index < -0.39 is 4.92 Å². The van der Waals surface area contributed by atoms with Crippen molar-refractivity contribution >= 4 is 17.6 Å². The molecule has 2 aromatic rings. The molecule has 0 aliphatic carbocycles. The van der Waals surface area contributed by atoms with E-state index in [2.05, 4.69) is 4.99 Å². The van der Waals surface area contributed by atoms with Crippen molar-refractivity contribution in [2.45, 2.75) is 0 Å². The summed E-state index contributed by atoms with van der Waals surface area (Å²) in [7, 11) is 0. The lowest BCUT2D eigenvalue weighted by Gasteiger charge is -1.98. The van der Waals surface area contributed by atoms with Crippen LogP contribution in [0.25, 0.3) is 0 Å². The zero-order chi connectivity index (χ0) is 13.7. The molecule has 0 radical (unpaired) electrons. The summed E-state index contributed by atoms with van der Waals surface area (Å²) in [6.45, 7) is 0. The fourth-order valence-electron chi connectivity index (χ4n) is 1.58. The molecule has 0 heterocycles. The Morgan fingerprint density at radius 3 is 2.58 bits per heavy atom. The maximum Gasteiger partial charge on any atom is 0.278 e. The van der Waals surface area contributed by atoms with E-state index in [0.717, 1.165) is 0 Å². The highest BCUT2D eigenvalue weighted by Crippen LogP contribution is 2.20.